The van der Waals surface area contributed by atoms with Crippen LogP contribution in [0.4, 0.5) is 11.5 Å². The minimum absolute atomic E-state index is 0.0180. The molecular weight excluding hydrogens is 322 g/mol. The molecule has 0 N–H and O–H groups in total. The van der Waals surface area contributed by atoms with Gasteiger partial charge in [0, 0.05) is 30.7 Å². The molecule has 2 heterocycles. The van der Waals surface area contributed by atoms with Crippen molar-refractivity contribution >= 4 is 22.5 Å². The van der Waals surface area contributed by atoms with Gasteiger partial charge in [0.2, 0.25) is 0 Å². The monoisotopic (exact) mass is 341 g/mol. The Morgan fingerprint density at radius 3 is 2.27 bits per heavy atom. The lowest BCUT2D eigenvalue weighted by atomic mass is 10.1. The lowest BCUT2D eigenvalue weighted by Crippen LogP contribution is -2.20. The molecule has 0 saturated heterocycles. The molecule has 0 fully saturated rings. The molecule has 0 amide bonds. The molecule has 0 unspecified atom stereocenters. The topological polar surface area (TPSA) is 38.1 Å². The molecule has 4 heteroatoms. The highest BCUT2D eigenvalue weighted by molar-refractivity contribution is 5.83. The van der Waals surface area contributed by atoms with Crippen molar-refractivity contribution in [3.05, 3.63) is 94.8 Å². The predicted octanol–water partition coefficient (Wildman–Crippen LogP) is 4.46. The van der Waals surface area contributed by atoms with Gasteiger partial charge in [-0.15, -0.1) is 0 Å². The van der Waals surface area contributed by atoms with E-state index in [1.807, 2.05) is 90.2 Å². The van der Waals surface area contributed by atoms with Crippen LogP contribution in [0.15, 0.2) is 83.8 Å². The van der Waals surface area contributed by atoms with Crippen molar-refractivity contribution in [3.63, 3.8) is 0 Å². The second-order valence-electron chi connectivity index (χ2n) is 6.26. The smallest absolute Gasteiger partial charge is 0.193 e. The van der Waals surface area contributed by atoms with Gasteiger partial charge in [0.05, 0.1) is 5.39 Å². The fourth-order valence-electron chi connectivity index (χ4n) is 3.24. The maximum atomic E-state index is 12.9. The molecule has 0 aliphatic rings. The number of hydrogen-bond donors (Lipinski definition) is 0. The molecule has 26 heavy (non-hydrogen) atoms. The van der Waals surface area contributed by atoms with E-state index in [9.17, 15) is 4.79 Å². The van der Waals surface area contributed by atoms with Gasteiger partial charge in [-0.3, -0.25) is 9.36 Å². The van der Waals surface area contributed by atoms with Crippen LogP contribution in [-0.2, 0) is 0 Å². The van der Waals surface area contributed by atoms with E-state index in [4.69, 9.17) is 0 Å². The molecule has 0 aliphatic carbocycles. The normalized spacial score (nSPS) is 10.8. The van der Waals surface area contributed by atoms with E-state index in [1.165, 1.54) is 0 Å². The van der Waals surface area contributed by atoms with Crippen molar-refractivity contribution in [2.45, 2.75) is 6.92 Å². The third-order valence-corrected chi connectivity index (χ3v) is 4.59. The van der Waals surface area contributed by atoms with Crippen LogP contribution in [0.25, 0.3) is 16.7 Å². The van der Waals surface area contributed by atoms with E-state index in [0.717, 1.165) is 22.8 Å². The molecule has 0 atom stereocenters. The molecule has 0 bridgehead atoms. The molecule has 4 rings (SSSR count). The van der Waals surface area contributed by atoms with Gasteiger partial charge in [0.1, 0.15) is 11.5 Å². The molecule has 128 valence electrons. The van der Waals surface area contributed by atoms with Crippen LogP contribution in [0, 0.1) is 6.92 Å². The zero-order valence-electron chi connectivity index (χ0n) is 14.8. The van der Waals surface area contributed by atoms with E-state index in [2.05, 4.69) is 4.98 Å². The Hall–Kier alpha value is -3.40. The number of para-hydroxylation sites is 2. The van der Waals surface area contributed by atoms with Gasteiger partial charge >= 0.3 is 0 Å². The quantitative estimate of drug-likeness (QED) is 0.552. The van der Waals surface area contributed by atoms with Crippen LogP contribution >= 0.6 is 0 Å². The zero-order chi connectivity index (χ0) is 18.1. The Labute approximate surface area is 152 Å². The van der Waals surface area contributed by atoms with Crippen molar-refractivity contribution in [2.24, 2.45) is 0 Å². The van der Waals surface area contributed by atoms with Crippen LogP contribution in [0.1, 0.15) is 5.56 Å². The highest BCUT2D eigenvalue weighted by atomic mass is 16.1. The van der Waals surface area contributed by atoms with Crippen molar-refractivity contribution in [2.75, 3.05) is 11.9 Å². The van der Waals surface area contributed by atoms with Crippen LogP contribution in [-0.4, -0.2) is 16.6 Å². The fraction of sp³-hybridized carbons (Fsp3) is 0.0909. The second-order valence-corrected chi connectivity index (χ2v) is 6.26. The minimum Gasteiger partial charge on any atom is -0.330 e. The Bertz CT molecular complexity index is 1120. The number of aromatic nitrogens is 2. The standard InChI is InChI=1S/C22H19N3O/c1-16-13-14-23-22-21(16)19(26)15-20(24(2)17-9-5-3-6-10-17)25(22)18-11-7-4-8-12-18/h3-15H,1-2H3. The fourth-order valence-corrected chi connectivity index (χ4v) is 3.24. The maximum absolute atomic E-state index is 12.9. The van der Waals surface area contributed by atoms with Gasteiger partial charge in [-0.05, 0) is 42.8 Å². The first kappa shape index (κ1) is 16.1. The summed E-state index contributed by atoms with van der Waals surface area (Å²) in [5.41, 5.74) is 3.55. The third kappa shape index (κ3) is 2.65. The maximum Gasteiger partial charge on any atom is 0.193 e. The summed E-state index contributed by atoms with van der Waals surface area (Å²) in [6.45, 7) is 1.95. The number of rotatable bonds is 3. The van der Waals surface area contributed by atoms with Gasteiger partial charge in [-0.1, -0.05) is 36.4 Å². The highest BCUT2D eigenvalue weighted by Crippen LogP contribution is 2.28. The summed E-state index contributed by atoms with van der Waals surface area (Å²) < 4.78 is 2.04. The molecule has 4 aromatic rings. The van der Waals surface area contributed by atoms with Gasteiger partial charge < -0.3 is 4.90 Å². The number of nitrogens with zero attached hydrogens (tertiary/aromatic N) is 3. The number of anilines is 2. The van der Waals surface area contributed by atoms with Crippen molar-refractivity contribution < 1.29 is 0 Å². The van der Waals surface area contributed by atoms with E-state index < -0.39 is 0 Å². The molecule has 2 aromatic heterocycles. The average molecular weight is 341 g/mol. The third-order valence-electron chi connectivity index (χ3n) is 4.59. The van der Waals surface area contributed by atoms with Crippen LogP contribution in [0.3, 0.4) is 0 Å². The summed E-state index contributed by atoms with van der Waals surface area (Å²) in [6, 6.07) is 23.6. The Kier molecular flexibility index (Phi) is 4.01. The number of hydrogen-bond acceptors (Lipinski definition) is 3. The summed E-state index contributed by atoms with van der Waals surface area (Å²) >= 11 is 0. The van der Waals surface area contributed by atoms with Crippen molar-refractivity contribution in [1.82, 2.24) is 9.55 Å². The van der Waals surface area contributed by atoms with Crippen LogP contribution in [0.5, 0.6) is 0 Å². The van der Waals surface area contributed by atoms with Gasteiger partial charge in [-0.25, -0.2) is 4.98 Å². The predicted molar refractivity (Wildman–Crippen MR) is 107 cm³/mol. The van der Waals surface area contributed by atoms with Gasteiger partial charge in [0.25, 0.3) is 0 Å². The van der Waals surface area contributed by atoms with E-state index >= 15 is 0 Å². The first-order valence-corrected chi connectivity index (χ1v) is 8.52. The summed E-state index contributed by atoms with van der Waals surface area (Å²) in [7, 11) is 1.96. The average Bonchev–Trinajstić information content (AvgIpc) is 2.68. The molecule has 0 aliphatic heterocycles. The summed E-state index contributed by atoms with van der Waals surface area (Å²) in [4.78, 5) is 19.4. The molecule has 0 spiro atoms. The van der Waals surface area contributed by atoms with E-state index in [1.54, 1.807) is 12.3 Å². The van der Waals surface area contributed by atoms with Gasteiger partial charge in [-0.2, -0.15) is 0 Å². The number of aryl methyl sites for hydroxylation is 1. The summed E-state index contributed by atoms with van der Waals surface area (Å²) in [5, 5.41) is 0.654. The lowest BCUT2D eigenvalue weighted by Gasteiger charge is -2.25. The van der Waals surface area contributed by atoms with Crippen molar-refractivity contribution in [1.29, 1.82) is 0 Å². The molecular formula is C22H19N3O. The Balaban J connectivity index is 2.09. The van der Waals surface area contributed by atoms with Gasteiger partial charge in [0.15, 0.2) is 5.43 Å². The number of pyridine rings is 2. The lowest BCUT2D eigenvalue weighted by molar-refractivity contribution is 1.00. The van der Waals surface area contributed by atoms with E-state index in [0.29, 0.717) is 11.0 Å². The minimum atomic E-state index is -0.0180. The first-order chi connectivity index (χ1) is 12.7. The molecule has 0 radical (unpaired) electrons. The number of benzene rings is 2. The van der Waals surface area contributed by atoms with Crippen molar-refractivity contribution in [3.8, 4) is 5.69 Å². The van der Waals surface area contributed by atoms with Crippen LogP contribution in [0.2, 0.25) is 0 Å². The van der Waals surface area contributed by atoms with Crippen LogP contribution < -0.4 is 10.3 Å². The van der Waals surface area contributed by atoms with E-state index in [-0.39, 0.29) is 5.43 Å². The number of fused-ring (bicyclic) bond motifs is 1. The molecule has 4 nitrogen and oxygen atoms in total. The second kappa shape index (κ2) is 6.48. The zero-order valence-corrected chi connectivity index (χ0v) is 14.8. The molecule has 2 aromatic carbocycles. The Morgan fingerprint density at radius 2 is 1.58 bits per heavy atom. The summed E-state index contributed by atoms with van der Waals surface area (Å²) in [5.74, 6) is 0.776. The Morgan fingerprint density at radius 1 is 0.923 bits per heavy atom. The highest BCUT2D eigenvalue weighted by Gasteiger charge is 2.17. The molecule has 0 saturated carbocycles. The summed E-state index contributed by atoms with van der Waals surface area (Å²) in [6.07, 6.45) is 1.75. The first-order valence-electron chi connectivity index (χ1n) is 8.52. The SMILES string of the molecule is Cc1ccnc2c1c(=O)cc(N(C)c1ccccc1)n2-c1ccccc1. The largest absolute Gasteiger partial charge is 0.330 e.